The van der Waals surface area contributed by atoms with Gasteiger partial charge in [-0.25, -0.2) is 0 Å². The lowest BCUT2D eigenvalue weighted by Crippen LogP contribution is -2.17. The van der Waals surface area contributed by atoms with Crippen LogP contribution < -0.4 is 11.1 Å². The molecule has 3 N–H and O–H groups in total. The van der Waals surface area contributed by atoms with Crippen LogP contribution in [0.15, 0.2) is 65.1 Å². The van der Waals surface area contributed by atoms with Crippen LogP contribution in [0, 0.1) is 0 Å². The molecule has 24 heavy (non-hydrogen) atoms. The van der Waals surface area contributed by atoms with E-state index < -0.39 is 11.8 Å². The summed E-state index contributed by atoms with van der Waals surface area (Å²) in [6.45, 7) is 0. The summed E-state index contributed by atoms with van der Waals surface area (Å²) in [5.74, 6) is -0.421. The zero-order valence-corrected chi connectivity index (χ0v) is 13.2. The number of primary amides is 1. The van der Waals surface area contributed by atoms with Crippen molar-refractivity contribution < 1.29 is 14.0 Å². The second-order valence-electron chi connectivity index (χ2n) is 5.03. The maximum absolute atomic E-state index is 12.3. The summed E-state index contributed by atoms with van der Waals surface area (Å²) < 4.78 is 5.57. The minimum atomic E-state index is -0.618. The van der Waals surface area contributed by atoms with E-state index >= 15 is 0 Å². The predicted molar refractivity (Wildman–Crippen MR) is 92.1 cm³/mol. The van der Waals surface area contributed by atoms with E-state index in [2.05, 4.69) is 5.32 Å². The highest BCUT2D eigenvalue weighted by Crippen LogP contribution is 2.24. The minimum absolute atomic E-state index is 0.124. The van der Waals surface area contributed by atoms with E-state index in [4.69, 9.17) is 21.8 Å². The van der Waals surface area contributed by atoms with Gasteiger partial charge >= 0.3 is 0 Å². The molecule has 5 nitrogen and oxygen atoms in total. The SMILES string of the molecule is NC(=O)c1ccccc1NC(=O)c1ccc(-c2ccc(Cl)cc2)o1. The van der Waals surface area contributed by atoms with Crippen LogP contribution in [0.3, 0.4) is 0 Å². The molecule has 2 amide bonds. The van der Waals surface area contributed by atoms with Crippen molar-refractivity contribution in [2.75, 3.05) is 5.32 Å². The van der Waals surface area contributed by atoms with Crippen LogP contribution in [0.5, 0.6) is 0 Å². The van der Waals surface area contributed by atoms with E-state index in [0.717, 1.165) is 5.56 Å². The van der Waals surface area contributed by atoms with Crippen molar-refractivity contribution >= 4 is 29.1 Å². The number of hydrogen-bond acceptors (Lipinski definition) is 3. The number of para-hydroxylation sites is 1. The molecule has 3 aromatic rings. The average molecular weight is 341 g/mol. The fourth-order valence-corrected chi connectivity index (χ4v) is 2.35. The highest BCUT2D eigenvalue weighted by Gasteiger charge is 2.15. The van der Waals surface area contributed by atoms with Gasteiger partial charge in [-0.15, -0.1) is 0 Å². The average Bonchev–Trinajstić information content (AvgIpc) is 3.06. The van der Waals surface area contributed by atoms with Gasteiger partial charge in [0.2, 0.25) is 0 Å². The topological polar surface area (TPSA) is 85.3 Å². The number of amides is 2. The fraction of sp³-hybridized carbons (Fsp3) is 0. The number of benzene rings is 2. The van der Waals surface area contributed by atoms with Crippen molar-refractivity contribution in [1.29, 1.82) is 0 Å². The van der Waals surface area contributed by atoms with Crippen LogP contribution in [-0.4, -0.2) is 11.8 Å². The van der Waals surface area contributed by atoms with Gasteiger partial charge in [-0.05, 0) is 48.5 Å². The fourth-order valence-electron chi connectivity index (χ4n) is 2.22. The molecular formula is C18H13ClN2O3. The molecule has 0 fully saturated rings. The summed E-state index contributed by atoms with van der Waals surface area (Å²) in [6, 6.07) is 16.8. The van der Waals surface area contributed by atoms with Gasteiger partial charge in [0.15, 0.2) is 5.76 Å². The molecule has 0 aliphatic rings. The van der Waals surface area contributed by atoms with Gasteiger partial charge in [0.25, 0.3) is 11.8 Å². The summed E-state index contributed by atoms with van der Waals surface area (Å²) in [5.41, 5.74) is 6.66. The standard InChI is InChI=1S/C18H13ClN2O3/c19-12-7-5-11(6-8-12)15-9-10-16(24-15)18(23)21-14-4-2-1-3-13(14)17(20)22/h1-10H,(H2,20,22)(H,21,23). The maximum atomic E-state index is 12.3. The molecule has 0 bridgehead atoms. The van der Waals surface area contributed by atoms with E-state index in [9.17, 15) is 9.59 Å². The molecule has 0 saturated heterocycles. The normalized spacial score (nSPS) is 10.4. The molecular weight excluding hydrogens is 328 g/mol. The highest BCUT2D eigenvalue weighted by molar-refractivity contribution is 6.30. The van der Waals surface area contributed by atoms with E-state index in [1.165, 1.54) is 0 Å². The van der Waals surface area contributed by atoms with E-state index in [1.807, 2.05) is 0 Å². The predicted octanol–water partition coefficient (Wildman–Crippen LogP) is 3.95. The minimum Gasteiger partial charge on any atom is -0.451 e. The second kappa shape index (κ2) is 6.60. The zero-order chi connectivity index (χ0) is 17.1. The van der Waals surface area contributed by atoms with Crippen molar-refractivity contribution in [3.8, 4) is 11.3 Å². The Kier molecular flexibility index (Phi) is 4.35. The highest BCUT2D eigenvalue weighted by atomic mass is 35.5. The van der Waals surface area contributed by atoms with Crippen molar-refractivity contribution in [1.82, 2.24) is 0 Å². The third-order valence-corrected chi connectivity index (χ3v) is 3.65. The van der Waals surface area contributed by atoms with Crippen LogP contribution >= 0.6 is 11.6 Å². The zero-order valence-electron chi connectivity index (χ0n) is 12.5. The molecule has 1 aromatic heterocycles. The molecule has 1 heterocycles. The molecule has 0 spiro atoms. The molecule has 0 aliphatic heterocycles. The number of nitrogens with one attached hydrogen (secondary N) is 1. The molecule has 0 saturated carbocycles. The number of rotatable bonds is 4. The van der Waals surface area contributed by atoms with Crippen molar-refractivity contribution in [2.45, 2.75) is 0 Å². The van der Waals surface area contributed by atoms with Crippen LogP contribution in [-0.2, 0) is 0 Å². The first-order valence-corrected chi connectivity index (χ1v) is 7.48. The Bertz CT molecular complexity index is 901. The lowest BCUT2D eigenvalue weighted by molar-refractivity contribution is 0.0997. The molecule has 3 rings (SSSR count). The van der Waals surface area contributed by atoms with Crippen LogP contribution in [0.1, 0.15) is 20.9 Å². The van der Waals surface area contributed by atoms with Gasteiger partial charge < -0.3 is 15.5 Å². The van der Waals surface area contributed by atoms with Crippen LogP contribution in [0.25, 0.3) is 11.3 Å². The summed E-state index contributed by atoms with van der Waals surface area (Å²) in [7, 11) is 0. The quantitative estimate of drug-likeness (QED) is 0.754. The first kappa shape index (κ1) is 15.8. The summed E-state index contributed by atoms with van der Waals surface area (Å²) in [4.78, 5) is 23.7. The number of halogens is 1. The second-order valence-corrected chi connectivity index (χ2v) is 5.47. The number of carbonyl (C=O) groups is 2. The van der Waals surface area contributed by atoms with Gasteiger partial charge in [0.05, 0.1) is 11.3 Å². The number of furan rings is 1. The summed E-state index contributed by atoms with van der Waals surface area (Å²) >= 11 is 5.85. The number of anilines is 1. The van der Waals surface area contributed by atoms with E-state index in [-0.39, 0.29) is 11.3 Å². The van der Waals surface area contributed by atoms with Gasteiger partial charge in [0, 0.05) is 10.6 Å². The monoisotopic (exact) mass is 340 g/mol. The maximum Gasteiger partial charge on any atom is 0.291 e. The molecule has 6 heteroatoms. The Balaban J connectivity index is 1.82. The van der Waals surface area contributed by atoms with E-state index in [0.29, 0.717) is 16.5 Å². The Labute approximate surface area is 143 Å². The molecule has 120 valence electrons. The van der Waals surface area contributed by atoms with Crippen LogP contribution in [0.2, 0.25) is 5.02 Å². The number of nitrogens with two attached hydrogens (primary N) is 1. The van der Waals surface area contributed by atoms with Crippen molar-refractivity contribution in [3.05, 3.63) is 77.0 Å². The Hall–Kier alpha value is -3.05. The lowest BCUT2D eigenvalue weighted by Gasteiger charge is -2.07. The third kappa shape index (κ3) is 3.31. The summed E-state index contributed by atoms with van der Waals surface area (Å²) in [5, 5.41) is 3.24. The lowest BCUT2D eigenvalue weighted by atomic mass is 10.1. The molecule has 2 aromatic carbocycles. The van der Waals surface area contributed by atoms with Gasteiger partial charge in [-0.2, -0.15) is 0 Å². The first-order valence-electron chi connectivity index (χ1n) is 7.10. The molecule has 0 atom stereocenters. The van der Waals surface area contributed by atoms with E-state index in [1.54, 1.807) is 60.7 Å². The van der Waals surface area contributed by atoms with Crippen molar-refractivity contribution in [2.24, 2.45) is 5.73 Å². The largest absolute Gasteiger partial charge is 0.451 e. The van der Waals surface area contributed by atoms with Gasteiger partial charge in [0.1, 0.15) is 5.76 Å². The smallest absolute Gasteiger partial charge is 0.291 e. The van der Waals surface area contributed by atoms with Crippen LogP contribution in [0.4, 0.5) is 5.69 Å². The van der Waals surface area contributed by atoms with Gasteiger partial charge in [-0.1, -0.05) is 23.7 Å². The van der Waals surface area contributed by atoms with Gasteiger partial charge in [-0.3, -0.25) is 9.59 Å². The Morgan fingerprint density at radius 3 is 2.38 bits per heavy atom. The van der Waals surface area contributed by atoms with Crippen molar-refractivity contribution in [3.63, 3.8) is 0 Å². The first-order chi connectivity index (χ1) is 11.5. The Morgan fingerprint density at radius 1 is 0.958 bits per heavy atom. The Morgan fingerprint density at radius 2 is 1.67 bits per heavy atom. The number of carbonyl (C=O) groups excluding carboxylic acids is 2. The molecule has 0 radical (unpaired) electrons. The molecule has 0 unspecified atom stereocenters. The summed E-state index contributed by atoms with van der Waals surface area (Å²) in [6.07, 6.45) is 0. The third-order valence-electron chi connectivity index (χ3n) is 3.40. The molecule has 0 aliphatic carbocycles. The number of hydrogen-bond donors (Lipinski definition) is 2.